The number of nitrogens with zero attached hydrogens (tertiary/aromatic N) is 1. The van der Waals surface area contributed by atoms with Crippen LogP contribution >= 0.6 is 0 Å². The highest BCUT2D eigenvalue weighted by Gasteiger charge is 2.14. The van der Waals surface area contributed by atoms with E-state index in [4.69, 9.17) is 4.74 Å². The molecule has 1 amide bonds. The van der Waals surface area contributed by atoms with Crippen molar-refractivity contribution in [2.45, 2.75) is 19.3 Å². The molecule has 0 saturated carbocycles. The van der Waals surface area contributed by atoms with E-state index in [1.807, 2.05) is 18.2 Å². The number of hydrogen-bond acceptors (Lipinski definition) is 3. The number of nitrogens with one attached hydrogen (secondary N) is 1. The summed E-state index contributed by atoms with van der Waals surface area (Å²) in [6.45, 7) is 3.34. The molecule has 1 N–H and O–H groups in total. The summed E-state index contributed by atoms with van der Waals surface area (Å²) >= 11 is 0. The maximum Gasteiger partial charge on any atom is 0.234 e. The average molecular weight is 262 g/mol. The second kappa shape index (κ2) is 7.14. The molecule has 0 atom stereocenters. The molecule has 104 valence electrons. The van der Waals surface area contributed by atoms with Gasteiger partial charge in [-0.25, -0.2) is 0 Å². The van der Waals surface area contributed by atoms with E-state index in [0.29, 0.717) is 13.1 Å². The van der Waals surface area contributed by atoms with Gasteiger partial charge in [0.2, 0.25) is 5.91 Å². The summed E-state index contributed by atoms with van der Waals surface area (Å²) in [5.41, 5.74) is 1.18. The van der Waals surface area contributed by atoms with Gasteiger partial charge in [-0.05, 0) is 50.0 Å². The average Bonchev–Trinajstić information content (AvgIpc) is 2.92. The zero-order valence-corrected chi connectivity index (χ0v) is 11.5. The van der Waals surface area contributed by atoms with Crippen LogP contribution in [0.5, 0.6) is 5.75 Å². The first-order valence-corrected chi connectivity index (χ1v) is 6.90. The van der Waals surface area contributed by atoms with Gasteiger partial charge in [0.1, 0.15) is 5.75 Å². The van der Waals surface area contributed by atoms with Crippen LogP contribution in [0.15, 0.2) is 24.3 Å². The zero-order chi connectivity index (χ0) is 13.5. The lowest BCUT2D eigenvalue weighted by atomic mass is 10.1. The van der Waals surface area contributed by atoms with E-state index in [1.54, 1.807) is 7.11 Å². The number of carbonyl (C=O) groups excluding carboxylic acids is 1. The molecule has 4 heteroatoms. The summed E-state index contributed by atoms with van der Waals surface area (Å²) in [6, 6.07) is 7.96. The molecular formula is C15H22N2O2. The van der Waals surface area contributed by atoms with Crippen molar-refractivity contribution in [1.82, 2.24) is 10.2 Å². The van der Waals surface area contributed by atoms with Gasteiger partial charge in [0, 0.05) is 6.54 Å². The van der Waals surface area contributed by atoms with Crippen LogP contribution in [0.25, 0.3) is 0 Å². The fourth-order valence-corrected chi connectivity index (χ4v) is 2.37. The van der Waals surface area contributed by atoms with E-state index in [9.17, 15) is 4.79 Å². The van der Waals surface area contributed by atoms with Crippen molar-refractivity contribution in [2.75, 3.05) is 33.3 Å². The predicted octanol–water partition coefficient (Wildman–Crippen LogP) is 1.45. The number of carbonyl (C=O) groups is 1. The number of amides is 1. The SMILES string of the molecule is COc1cccc(CCNC(=O)CN2CCCC2)c1. The van der Waals surface area contributed by atoms with Crippen molar-refractivity contribution < 1.29 is 9.53 Å². The van der Waals surface area contributed by atoms with Gasteiger partial charge in [0.15, 0.2) is 0 Å². The number of methoxy groups -OCH3 is 1. The van der Waals surface area contributed by atoms with Crippen LogP contribution in [0.4, 0.5) is 0 Å². The molecule has 1 aliphatic heterocycles. The van der Waals surface area contributed by atoms with Gasteiger partial charge < -0.3 is 10.1 Å². The Labute approximate surface area is 114 Å². The summed E-state index contributed by atoms with van der Waals surface area (Å²) in [5, 5.41) is 2.97. The van der Waals surface area contributed by atoms with Crippen LogP contribution in [0.2, 0.25) is 0 Å². The quantitative estimate of drug-likeness (QED) is 0.843. The van der Waals surface area contributed by atoms with Gasteiger partial charge in [-0.15, -0.1) is 0 Å². The second-order valence-corrected chi connectivity index (χ2v) is 4.93. The fraction of sp³-hybridized carbons (Fsp3) is 0.533. The highest BCUT2D eigenvalue weighted by molar-refractivity contribution is 5.78. The molecule has 0 spiro atoms. The lowest BCUT2D eigenvalue weighted by molar-refractivity contribution is -0.121. The van der Waals surface area contributed by atoms with Crippen LogP contribution in [0, 0.1) is 0 Å². The summed E-state index contributed by atoms with van der Waals surface area (Å²) in [6.07, 6.45) is 3.27. The lowest BCUT2D eigenvalue weighted by Crippen LogP contribution is -2.36. The highest BCUT2D eigenvalue weighted by Crippen LogP contribution is 2.12. The van der Waals surface area contributed by atoms with Crippen molar-refractivity contribution in [3.05, 3.63) is 29.8 Å². The van der Waals surface area contributed by atoms with E-state index < -0.39 is 0 Å². The predicted molar refractivity (Wildman–Crippen MR) is 75.4 cm³/mol. The van der Waals surface area contributed by atoms with Gasteiger partial charge in [-0.3, -0.25) is 9.69 Å². The van der Waals surface area contributed by atoms with Crippen molar-refractivity contribution in [2.24, 2.45) is 0 Å². The largest absolute Gasteiger partial charge is 0.497 e. The van der Waals surface area contributed by atoms with E-state index >= 15 is 0 Å². The fourth-order valence-electron chi connectivity index (χ4n) is 2.37. The molecule has 1 aromatic rings. The first kappa shape index (κ1) is 13.9. The molecule has 0 radical (unpaired) electrons. The van der Waals surface area contributed by atoms with Crippen LogP contribution in [-0.2, 0) is 11.2 Å². The third-order valence-electron chi connectivity index (χ3n) is 3.44. The van der Waals surface area contributed by atoms with E-state index in [-0.39, 0.29) is 5.91 Å². The minimum Gasteiger partial charge on any atom is -0.497 e. The van der Waals surface area contributed by atoms with Gasteiger partial charge >= 0.3 is 0 Å². The standard InChI is InChI=1S/C15H22N2O2/c1-19-14-6-4-5-13(11-14)7-8-16-15(18)12-17-9-2-3-10-17/h4-6,11H,2-3,7-10,12H2,1H3,(H,16,18). The Morgan fingerprint density at radius 1 is 1.37 bits per heavy atom. The van der Waals surface area contributed by atoms with Gasteiger partial charge in [-0.1, -0.05) is 12.1 Å². The zero-order valence-electron chi connectivity index (χ0n) is 11.5. The van der Waals surface area contributed by atoms with Gasteiger partial charge in [-0.2, -0.15) is 0 Å². The number of ether oxygens (including phenoxy) is 1. The Bertz CT molecular complexity index is 414. The monoisotopic (exact) mass is 262 g/mol. The maximum absolute atomic E-state index is 11.7. The molecule has 1 saturated heterocycles. The third-order valence-corrected chi connectivity index (χ3v) is 3.44. The number of benzene rings is 1. The van der Waals surface area contributed by atoms with Gasteiger partial charge in [0.05, 0.1) is 13.7 Å². The first-order chi connectivity index (χ1) is 9.28. The summed E-state index contributed by atoms with van der Waals surface area (Å²) in [4.78, 5) is 13.9. The summed E-state index contributed by atoms with van der Waals surface area (Å²) < 4.78 is 5.18. The lowest BCUT2D eigenvalue weighted by Gasteiger charge is -2.14. The molecule has 0 unspecified atom stereocenters. The Morgan fingerprint density at radius 2 is 2.16 bits per heavy atom. The van der Waals surface area contributed by atoms with Crippen molar-refractivity contribution in [3.63, 3.8) is 0 Å². The van der Waals surface area contributed by atoms with Crippen LogP contribution in [0.3, 0.4) is 0 Å². The van der Waals surface area contributed by atoms with E-state index in [2.05, 4.69) is 16.3 Å². The smallest absolute Gasteiger partial charge is 0.234 e. The second-order valence-electron chi connectivity index (χ2n) is 4.93. The molecule has 0 aliphatic carbocycles. The van der Waals surface area contributed by atoms with E-state index in [1.165, 1.54) is 18.4 Å². The van der Waals surface area contributed by atoms with Crippen LogP contribution < -0.4 is 10.1 Å². The Balaban J connectivity index is 1.68. The molecule has 0 bridgehead atoms. The molecular weight excluding hydrogens is 240 g/mol. The molecule has 1 heterocycles. The summed E-state index contributed by atoms with van der Waals surface area (Å²) in [5.74, 6) is 0.991. The molecule has 2 rings (SSSR count). The minimum absolute atomic E-state index is 0.129. The van der Waals surface area contributed by atoms with Crippen LogP contribution in [0.1, 0.15) is 18.4 Å². The molecule has 1 aliphatic rings. The highest BCUT2D eigenvalue weighted by atomic mass is 16.5. The summed E-state index contributed by atoms with van der Waals surface area (Å²) in [7, 11) is 1.66. The Hall–Kier alpha value is -1.55. The van der Waals surface area contributed by atoms with Gasteiger partial charge in [0.25, 0.3) is 0 Å². The van der Waals surface area contributed by atoms with E-state index in [0.717, 1.165) is 25.3 Å². The number of hydrogen-bond donors (Lipinski definition) is 1. The molecule has 1 aromatic carbocycles. The normalized spacial score (nSPS) is 15.4. The Kier molecular flexibility index (Phi) is 5.21. The molecule has 0 aromatic heterocycles. The molecule has 1 fully saturated rings. The number of likely N-dealkylation sites (tertiary alicyclic amines) is 1. The number of rotatable bonds is 6. The minimum atomic E-state index is 0.129. The van der Waals surface area contributed by atoms with Crippen molar-refractivity contribution >= 4 is 5.91 Å². The maximum atomic E-state index is 11.7. The Morgan fingerprint density at radius 3 is 2.89 bits per heavy atom. The third kappa shape index (κ3) is 4.56. The topological polar surface area (TPSA) is 41.6 Å². The van der Waals surface area contributed by atoms with Crippen molar-refractivity contribution in [1.29, 1.82) is 0 Å². The van der Waals surface area contributed by atoms with Crippen molar-refractivity contribution in [3.8, 4) is 5.75 Å². The molecule has 4 nitrogen and oxygen atoms in total. The first-order valence-electron chi connectivity index (χ1n) is 6.90. The van der Waals surface area contributed by atoms with Crippen LogP contribution in [-0.4, -0.2) is 44.1 Å². The molecule has 19 heavy (non-hydrogen) atoms.